The highest BCUT2D eigenvalue weighted by Crippen LogP contribution is 2.19. The molecule has 0 spiro atoms. The molecule has 0 unspecified atom stereocenters. The first-order valence-corrected chi connectivity index (χ1v) is 4.67. The summed E-state index contributed by atoms with van der Waals surface area (Å²) in [5.74, 6) is -0.930. The Balaban J connectivity index is 2.99. The first-order valence-electron chi connectivity index (χ1n) is 4.67. The van der Waals surface area contributed by atoms with Gasteiger partial charge in [0, 0.05) is 18.4 Å². The van der Waals surface area contributed by atoms with Crippen molar-refractivity contribution in [3.8, 4) is 6.07 Å². The van der Waals surface area contributed by atoms with E-state index in [1.165, 1.54) is 0 Å². The summed E-state index contributed by atoms with van der Waals surface area (Å²) in [6.45, 7) is 5.90. The lowest BCUT2D eigenvalue weighted by Crippen LogP contribution is -2.18. The lowest BCUT2D eigenvalue weighted by Gasteiger charge is -2.17. The van der Waals surface area contributed by atoms with Gasteiger partial charge < -0.3 is 9.67 Å². The molecule has 1 heterocycles. The molecular weight excluding hydrogens is 192 g/mol. The Labute approximate surface area is 88.8 Å². The average molecular weight is 206 g/mol. The van der Waals surface area contributed by atoms with Crippen LogP contribution in [0.5, 0.6) is 0 Å². The van der Waals surface area contributed by atoms with Gasteiger partial charge in [-0.15, -0.1) is 0 Å². The highest BCUT2D eigenvalue weighted by molar-refractivity contribution is 5.88. The van der Waals surface area contributed by atoms with E-state index in [1.807, 2.05) is 13.8 Å². The van der Waals surface area contributed by atoms with Crippen LogP contribution in [0.4, 0.5) is 0 Å². The summed E-state index contributed by atoms with van der Waals surface area (Å²) in [5.41, 5.74) is 0.495. The molecule has 1 aromatic rings. The number of rotatable bonds is 3. The number of carbonyl (C=O) groups is 1. The molecule has 1 aromatic heterocycles. The zero-order valence-electron chi connectivity index (χ0n) is 9.11. The molecule has 15 heavy (non-hydrogen) atoms. The molecule has 1 N–H and O–H groups in total. The van der Waals surface area contributed by atoms with Crippen molar-refractivity contribution in [1.29, 1.82) is 5.26 Å². The monoisotopic (exact) mass is 206 g/mol. The Morgan fingerprint density at radius 2 is 2.27 bits per heavy atom. The summed E-state index contributed by atoms with van der Waals surface area (Å²) in [7, 11) is 0. The van der Waals surface area contributed by atoms with Gasteiger partial charge >= 0.3 is 5.97 Å². The van der Waals surface area contributed by atoms with Crippen molar-refractivity contribution in [2.24, 2.45) is 5.41 Å². The van der Waals surface area contributed by atoms with Gasteiger partial charge in [-0.2, -0.15) is 5.26 Å². The molecule has 0 aromatic carbocycles. The Morgan fingerprint density at radius 1 is 1.67 bits per heavy atom. The smallest absolute Gasteiger partial charge is 0.337 e. The SMILES string of the molecule is Cc1c(C(=O)O)ccn1CC(C)(C)C#N. The number of nitriles is 1. The zero-order valence-corrected chi connectivity index (χ0v) is 9.11. The topological polar surface area (TPSA) is 66.0 Å². The molecule has 0 saturated heterocycles. The maximum absolute atomic E-state index is 10.8. The van der Waals surface area contributed by atoms with Crippen molar-refractivity contribution in [2.45, 2.75) is 27.3 Å². The number of carboxylic acid groups (broad SMARTS) is 1. The maximum atomic E-state index is 10.8. The molecule has 0 atom stereocenters. The van der Waals surface area contributed by atoms with Crippen molar-refractivity contribution in [3.63, 3.8) is 0 Å². The van der Waals surface area contributed by atoms with Crippen LogP contribution in [0, 0.1) is 23.7 Å². The zero-order chi connectivity index (χ0) is 11.6. The molecule has 0 fully saturated rings. The minimum atomic E-state index is -0.930. The van der Waals surface area contributed by atoms with E-state index >= 15 is 0 Å². The highest BCUT2D eigenvalue weighted by atomic mass is 16.4. The molecule has 0 radical (unpaired) electrons. The van der Waals surface area contributed by atoms with Crippen LogP contribution in [0.2, 0.25) is 0 Å². The minimum Gasteiger partial charge on any atom is -0.478 e. The second-order valence-corrected chi connectivity index (χ2v) is 4.24. The van der Waals surface area contributed by atoms with Gasteiger partial charge in [-0.25, -0.2) is 4.79 Å². The third-order valence-corrected chi connectivity index (χ3v) is 2.34. The standard InChI is InChI=1S/C11H14N2O2/c1-8-9(10(14)15)4-5-13(8)7-11(2,3)6-12/h4-5H,7H2,1-3H3,(H,14,15). The molecule has 1 rings (SSSR count). The van der Waals surface area contributed by atoms with E-state index in [0.29, 0.717) is 17.8 Å². The van der Waals surface area contributed by atoms with Crippen LogP contribution in [0.25, 0.3) is 0 Å². The first kappa shape index (κ1) is 11.3. The summed E-state index contributed by atoms with van der Waals surface area (Å²) < 4.78 is 1.80. The van der Waals surface area contributed by atoms with Gasteiger partial charge in [-0.1, -0.05) is 0 Å². The van der Waals surface area contributed by atoms with Crippen molar-refractivity contribution in [1.82, 2.24) is 4.57 Å². The number of carboxylic acids is 1. The molecule has 0 aliphatic heterocycles. The molecular formula is C11H14N2O2. The van der Waals surface area contributed by atoms with Crippen LogP contribution in [0.3, 0.4) is 0 Å². The van der Waals surface area contributed by atoms with Crippen LogP contribution in [0.1, 0.15) is 29.9 Å². The van der Waals surface area contributed by atoms with Crippen LogP contribution >= 0.6 is 0 Å². The lowest BCUT2D eigenvalue weighted by molar-refractivity contribution is 0.0696. The van der Waals surface area contributed by atoms with Crippen molar-refractivity contribution >= 4 is 5.97 Å². The number of hydrogen-bond acceptors (Lipinski definition) is 2. The fourth-order valence-electron chi connectivity index (χ4n) is 1.41. The van der Waals surface area contributed by atoms with Crippen LogP contribution in [-0.4, -0.2) is 15.6 Å². The summed E-state index contributed by atoms with van der Waals surface area (Å²) >= 11 is 0. The van der Waals surface area contributed by atoms with Gasteiger partial charge in [0.1, 0.15) is 0 Å². The molecule has 4 heteroatoms. The molecule has 0 amide bonds. The normalized spacial score (nSPS) is 11.1. The average Bonchev–Trinajstić information content (AvgIpc) is 2.48. The molecule has 80 valence electrons. The van der Waals surface area contributed by atoms with Gasteiger partial charge in [0.25, 0.3) is 0 Å². The Kier molecular flexibility index (Phi) is 2.85. The lowest BCUT2D eigenvalue weighted by atomic mass is 9.96. The predicted molar refractivity (Wildman–Crippen MR) is 55.5 cm³/mol. The van der Waals surface area contributed by atoms with Gasteiger partial charge in [0.15, 0.2) is 0 Å². The first-order chi connectivity index (χ1) is 6.87. The predicted octanol–water partition coefficient (Wildman–Crippen LogP) is 2.04. The molecule has 0 saturated carbocycles. The van der Waals surface area contributed by atoms with E-state index in [0.717, 1.165) is 0 Å². The van der Waals surface area contributed by atoms with E-state index in [9.17, 15) is 4.79 Å². The quantitative estimate of drug-likeness (QED) is 0.823. The fraction of sp³-hybridized carbons (Fsp3) is 0.455. The summed E-state index contributed by atoms with van der Waals surface area (Å²) in [4.78, 5) is 10.8. The van der Waals surface area contributed by atoms with Crippen LogP contribution in [0.15, 0.2) is 12.3 Å². The van der Waals surface area contributed by atoms with Crippen LogP contribution < -0.4 is 0 Å². The summed E-state index contributed by atoms with van der Waals surface area (Å²) in [5, 5.41) is 17.7. The summed E-state index contributed by atoms with van der Waals surface area (Å²) in [6, 6.07) is 3.75. The Morgan fingerprint density at radius 3 is 2.67 bits per heavy atom. The summed E-state index contributed by atoms with van der Waals surface area (Å²) in [6.07, 6.45) is 1.71. The van der Waals surface area contributed by atoms with Gasteiger partial charge in [-0.05, 0) is 26.8 Å². The minimum absolute atomic E-state index is 0.295. The second-order valence-electron chi connectivity index (χ2n) is 4.24. The van der Waals surface area contributed by atoms with E-state index in [4.69, 9.17) is 10.4 Å². The molecule has 0 aliphatic rings. The molecule has 0 aliphatic carbocycles. The van der Waals surface area contributed by atoms with Gasteiger partial charge in [0.05, 0.1) is 17.0 Å². The Bertz CT molecular complexity index is 424. The van der Waals surface area contributed by atoms with Gasteiger partial charge in [-0.3, -0.25) is 0 Å². The van der Waals surface area contributed by atoms with E-state index < -0.39 is 11.4 Å². The maximum Gasteiger partial charge on any atom is 0.337 e. The number of aromatic carboxylic acids is 1. The van der Waals surface area contributed by atoms with Crippen molar-refractivity contribution < 1.29 is 9.90 Å². The highest BCUT2D eigenvalue weighted by Gasteiger charge is 2.20. The number of hydrogen-bond donors (Lipinski definition) is 1. The van der Waals surface area contributed by atoms with E-state index in [2.05, 4.69) is 6.07 Å². The van der Waals surface area contributed by atoms with E-state index in [1.54, 1.807) is 23.8 Å². The number of nitrogens with zero attached hydrogens (tertiary/aromatic N) is 2. The van der Waals surface area contributed by atoms with Crippen LogP contribution in [-0.2, 0) is 6.54 Å². The third-order valence-electron chi connectivity index (χ3n) is 2.34. The fourth-order valence-corrected chi connectivity index (χ4v) is 1.41. The number of aromatic nitrogens is 1. The van der Waals surface area contributed by atoms with Crippen molar-refractivity contribution in [2.75, 3.05) is 0 Å². The Hall–Kier alpha value is -1.76. The third kappa shape index (κ3) is 2.38. The largest absolute Gasteiger partial charge is 0.478 e. The molecule has 0 bridgehead atoms. The molecule has 4 nitrogen and oxygen atoms in total. The van der Waals surface area contributed by atoms with Crippen molar-refractivity contribution in [3.05, 3.63) is 23.5 Å². The van der Waals surface area contributed by atoms with E-state index in [-0.39, 0.29) is 0 Å². The van der Waals surface area contributed by atoms with Gasteiger partial charge in [0.2, 0.25) is 0 Å². The second kappa shape index (κ2) is 3.77.